The monoisotopic (exact) mass is 305 g/mol. The molecule has 0 spiro atoms. The molecule has 2 bridgehead atoms. The van der Waals surface area contributed by atoms with Crippen LogP contribution in [0.25, 0.3) is 0 Å². The average molecular weight is 306 g/mol. The number of piperidine rings is 1. The summed E-state index contributed by atoms with van der Waals surface area (Å²) in [5.74, 6) is 2.66. The molecule has 2 aliphatic carbocycles. The van der Waals surface area contributed by atoms with E-state index in [1.807, 2.05) is 0 Å². The van der Waals surface area contributed by atoms with E-state index < -0.39 is 0 Å². The highest BCUT2D eigenvalue weighted by Gasteiger charge is 2.36. The van der Waals surface area contributed by atoms with Gasteiger partial charge in [0.05, 0.1) is 0 Å². The lowest BCUT2D eigenvalue weighted by Gasteiger charge is -2.44. The molecule has 0 radical (unpaired) electrons. The summed E-state index contributed by atoms with van der Waals surface area (Å²) in [4.78, 5) is 5.09. The van der Waals surface area contributed by atoms with Gasteiger partial charge in [-0.15, -0.1) is 0 Å². The Labute approximate surface area is 137 Å². The van der Waals surface area contributed by atoms with Gasteiger partial charge in [-0.2, -0.15) is 0 Å². The Hall–Kier alpha value is -0.380. The normalized spacial score (nSPS) is 33.2. The van der Waals surface area contributed by atoms with E-state index in [1.54, 1.807) is 0 Å². The molecule has 0 aromatic heterocycles. The molecule has 3 rings (SSSR count). The van der Waals surface area contributed by atoms with Crippen LogP contribution in [0.15, 0.2) is 12.2 Å². The second-order valence-electron chi connectivity index (χ2n) is 8.67. The molecular formula is C19H35N3. The van der Waals surface area contributed by atoms with E-state index in [4.69, 9.17) is 0 Å². The van der Waals surface area contributed by atoms with Crippen molar-refractivity contribution in [1.29, 1.82) is 0 Å². The molecule has 1 aliphatic heterocycles. The van der Waals surface area contributed by atoms with Crippen molar-refractivity contribution < 1.29 is 0 Å². The number of hydrogen-bond acceptors (Lipinski definition) is 3. The molecule has 3 heteroatoms. The van der Waals surface area contributed by atoms with Crippen molar-refractivity contribution in [3.63, 3.8) is 0 Å². The van der Waals surface area contributed by atoms with Crippen LogP contribution in [0.1, 0.15) is 39.5 Å². The first kappa shape index (κ1) is 16.5. The molecule has 3 aliphatic rings. The molecule has 1 N–H and O–H groups in total. The number of likely N-dealkylation sites (tertiary alicyclic amines) is 1. The highest BCUT2D eigenvalue weighted by molar-refractivity contribution is 5.10. The number of nitrogens with one attached hydrogen (secondary N) is 1. The van der Waals surface area contributed by atoms with E-state index in [9.17, 15) is 0 Å². The van der Waals surface area contributed by atoms with Crippen molar-refractivity contribution in [3.05, 3.63) is 12.2 Å². The Kier molecular flexibility index (Phi) is 4.96. The van der Waals surface area contributed by atoms with Gasteiger partial charge in [-0.05, 0) is 77.9 Å². The van der Waals surface area contributed by atoms with Crippen LogP contribution in [-0.2, 0) is 0 Å². The number of nitrogens with zero attached hydrogens (tertiary/aromatic N) is 2. The number of hydrogen-bond donors (Lipinski definition) is 1. The molecule has 22 heavy (non-hydrogen) atoms. The highest BCUT2D eigenvalue weighted by atomic mass is 15.2. The van der Waals surface area contributed by atoms with Gasteiger partial charge in [0.15, 0.2) is 0 Å². The topological polar surface area (TPSA) is 18.5 Å². The van der Waals surface area contributed by atoms with Gasteiger partial charge in [0.25, 0.3) is 0 Å². The lowest BCUT2D eigenvalue weighted by Crippen LogP contribution is -2.55. The van der Waals surface area contributed by atoms with Gasteiger partial charge in [0.2, 0.25) is 0 Å². The molecule has 3 atom stereocenters. The van der Waals surface area contributed by atoms with Gasteiger partial charge in [-0.25, -0.2) is 0 Å². The summed E-state index contributed by atoms with van der Waals surface area (Å²) in [6.07, 6.45) is 10.4. The molecule has 1 saturated heterocycles. The fourth-order valence-corrected chi connectivity index (χ4v) is 4.79. The third kappa shape index (κ3) is 3.58. The fraction of sp³-hybridized carbons (Fsp3) is 0.895. The second kappa shape index (κ2) is 6.62. The summed E-state index contributed by atoms with van der Waals surface area (Å²) in [5, 5.41) is 3.80. The highest BCUT2D eigenvalue weighted by Crippen LogP contribution is 2.43. The first-order chi connectivity index (χ1) is 10.5. The van der Waals surface area contributed by atoms with Crippen molar-refractivity contribution in [1.82, 2.24) is 15.1 Å². The second-order valence-corrected chi connectivity index (χ2v) is 8.67. The summed E-state index contributed by atoms with van der Waals surface area (Å²) >= 11 is 0. The molecule has 1 heterocycles. The Balaban J connectivity index is 1.40. The van der Waals surface area contributed by atoms with Gasteiger partial charge in [-0.3, -0.25) is 4.90 Å². The lowest BCUT2D eigenvalue weighted by atomic mass is 9.92. The van der Waals surface area contributed by atoms with Crippen LogP contribution in [0.3, 0.4) is 0 Å². The summed E-state index contributed by atoms with van der Waals surface area (Å²) in [6.45, 7) is 9.65. The minimum absolute atomic E-state index is 0.282. The molecule has 0 amide bonds. The van der Waals surface area contributed by atoms with Crippen molar-refractivity contribution in [2.24, 2.45) is 17.8 Å². The van der Waals surface area contributed by atoms with Gasteiger partial charge in [0.1, 0.15) is 0 Å². The third-order valence-corrected chi connectivity index (χ3v) is 6.43. The minimum atomic E-state index is 0.282. The molecule has 3 nitrogen and oxygen atoms in total. The van der Waals surface area contributed by atoms with Crippen LogP contribution in [-0.4, -0.2) is 61.7 Å². The number of fused-ring (bicyclic) bond motifs is 2. The molecular weight excluding hydrogens is 270 g/mol. The Morgan fingerprint density at radius 1 is 1.14 bits per heavy atom. The van der Waals surface area contributed by atoms with Gasteiger partial charge in [-0.1, -0.05) is 12.2 Å². The van der Waals surface area contributed by atoms with Crippen molar-refractivity contribution in [3.8, 4) is 0 Å². The molecule has 1 saturated carbocycles. The molecule has 126 valence electrons. The van der Waals surface area contributed by atoms with E-state index in [0.717, 1.165) is 30.3 Å². The molecule has 0 unspecified atom stereocenters. The van der Waals surface area contributed by atoms with Crippen LogP contribution in [0, 0.1) is 17.8 Å². The van der Waals surface area contributed by atoms with Gasteiger partial charge in [0, 0.05) is 31.2 Å². The van der Waals surface area contributed by atoms with Crippen molar-refractivity contribution >= 4 is 0 Å². The van der Waals surface area contributed by atoms with Crippen LogP contribution in [0.4, 0.5) is 0 Å². The van der Waals surface area contributed by atoms with E-state index in [-0.39, 0.29) is 5.54 Å². The summed E-state index contributed by atoms with van der Waals surface area (Å²) < 4.78 is 0. The maximum Gasteiger partial charge on any atom is 0.0277 e. The third-order valence-electron chi connectivity index (χ3n) is 6.43. The lowest BCUT2D eigenvalue weighted by molar-refractivity contribution is 0.0611. The smallest absolute Gasteiger partial charge is 0.0277 e. The molecule has 2 fully saturated rings. The largest absolute Gasteiger partial charge is 0.315 e. The van der Waals surface area contributed by atoms with Gasteiger partial charge < -0.3 is 10.2 Å². The number of allylic oxidation sites excluding steroid dienone is 2. The van der Waals surface area contributed by atoms with Crippen molar-refractivity contribution in [2.75, 3.05) is 40.3 Å². The first-order valence-corrected chi connectivity index (χ1v) is 9.26. The fourth-order valence-electron chi connectivity index (χ4n) is 4.79. The number of rotatable bonds is 6. The SMILES string of the molecule is CN(C)C1CCN(C(C)(C)CNC[C@@H]2C[C@H]3C=C[C@H]2C3)CC1. The maximum absolute atomic E-state index is 3.80. The zero-order valence-electron chi connectivity index (χ0n) is 15.0. The quantitative estimate of drug-likeness (QED) is 0.761. The first-order valence-electron chi connectivity index (χ1n) is 9.26. The predicted octanol–water partition coefficient (Wildman–Crippen LogP) is 2.59. The molecule has 0 aromatic rings. The minimum Gasteiger partial charge on any atom is -0.315 e. The van der Waals surface area contributed by atoms with Crippen LogP contribution < -0.4 is 5.32 Å². The summed E-state index contributed by atoms with van der Waals surface area (Å²) in [7, 11) is 4.44. The Morgan fingerprint density at radius 2 is 1.86 bits per heavy atom. The maximum atomic E-state index is 3.80. The summed E-state index contributed by atoms with van der Waals surface area (Å²) in [5.41, 5.74) is 0.282. The zero-order chi connectivity index (χ0) is 15.7. The van der Waals surface area contributed by atoms with Crippen molar-refractivity contribution in [2.45, 2.75) is 51.1 Å². The predicted molar refractivity (Wildman–Crippen MR) is 94.1 cm³/mol. The zero-order valence-corrected chi connectivity index (χ0v) is 15.0. The van der Waals surface area contributed by atoms with Gasteiger partial charge >= 0.3 is 0 Å². The summed E-state index contributed by atoms with van der Waals surface area (Å²) in [6, 6.07) is 0.779. The van der Waals surface area contributed by atoms with Crippen LogP contribution >= 0.6 is 0 Å². The Morgan fingerprint density at radius 3 is 2.41 bits per heavy atom. The standard InChI is InChI=1S/C19H35N3/c1-19(2,22-9-7-18(8-10-22)21(3)4)14-20-13-17-12-15-5-6-16(17)11-15/h5-6,15-18,20H,7-14H2,1-4H3/t15-,16-,17-/m0/s1. The van der Waals surface area contributed by atoms with Crippen LogP contribution in [0.5, 0.6) is 0 Å². The Bertz CT molecular complexity index is 393. The van der Waals surface area contributed by atoms with E-state index in [1.165, 1.54) is 45.3 Å². The van der Waals surface area contributed by atoms with E-state index in [0.29, 0.717) is 0 Å². The molecule has 0 aromatic carbocycles. The van der Waals surface area contributed by atoms with E-state index >= 15 is 0 Å². The van der Waals surface area contributed by atoms with Crippen LogP contribution in [0.2, 0.25) is 0 Å². The average Bonchev–Trinajstić information content (AvgIpc) is 3.10. The van der Waals surface area contributed by atoms with E-state index in [2.05, 4.69) is 55.2 Å².